The Labute approximate surface area is 105 Å². The minimum atomic E-state index is -0.614. The first-order valence-electron chi connectivity index (χ1n) is 5.88. The predicted molar refractivity (Wildman–Crippen MR) is 63.9 cm³/mol. The smallest absolute Gasteiger partial charge is 0.320 e. The standard InChI is InChI=1S/C13H17F2NO2/c1-3-16(9-13(17)18-4-2)8-10-5-11(14)7-12(15)6-10/h5-7H,3-4,8-9H2,1-2H3. The monoisotopic (exact) mass is 257 g/mol. The van der Waals surface area contributed by atoms with Crippen LogP contribution in [0.2, 0.25) is 0 Å². The summed E-state index contributed by atoms with van der Waals surface area (Å²) < 4.78 is 30.9. The average Bonchev–Trinajstić information content (AvgIpc) is 2.27. The number of likely N-dealkylation sites (N-methyl/N-ethyl adjacent to an activating group) is 1. The van der Waals surface area contributed by atoms with Gasteiger partial charge in [-0.1, -0.05) is 6.92 Å². The fraction of sp³-hybridized carbons (Fsp3) is 0.462. The highest BCUT2D eigenvalue weighted by molar-refractivity contribution is 5.71. The highest BCUT2D eigenvalue weighted by Gasteiger charge is 2.11. The summed E-state index contributed by atoms with van der Waals surface area (Å²) in [6.07, 6.45) is 0. The van der Waals surface area contributed by atoms with E-state index in [1.54, 1.807) is 11.8 Å². The van der Waals surface area contributed by atoms with Gasteiger partial charge in [0.2, 0.25) is 0 Å². The Kier molecular flexibility index (Phi) is 5.71. The number of benzene rings is 1. The van der Waals surface area contributed by atoms with Gasteiger partial charge in [-0.25, -0.2) is 8.78 Å². The third-order valence-electron chi connectivity index (χ3n) is 2.43. The summed E-state index contributed by atoms with van der Waals surface area (Å²) in [5.41, 5.74) is 0.499. The van der Waals surface area contributed by atoms with Gasteiger partial charge in [-0.2, -0.15) is 0 Å². The van der Waals surface area contributed by atoms with E-state index < -0.39 is 11.6 Å². The van der Waals surface area contributed by atoms with Crippen molar-refractivity contribution < 1.29 is 18.3 Å². The van der Waals surface area contributed by atoms with Crippen molar-refractivity contribution in [3.05, 3.63) is 35.4 Å². The fourth-order valence-electron chi connectivity index (χ4n) is 1.63. The van der Waals surface area contributed by atoms with E-state index in [0.29, 0.717) is 25.3 Å². The zero-order valence-electron chi connectivity index (χ0n) is 10.6. The SMILES string of the molecule is CCOC(=O)CN(CC)Cc1cc(F)cc(F)c1. The Bertz CT molecular complexity index is 390. The molecule has 0 saturated carbocycles. The van der Waals surface area contributed by atoms with Crippen LogP contribution in [0.15, 0.2) is 18.2 Å². The first-order chi connectivity index (χ1) is 8.55. The number of carbonyl (C=O) groups excluding carboxylic acids is 1. The molecule has 1 aromatic rings. The van der Waals surface area contributed by atoms with Gasteiger partial charge < -0.3 is 4.74 Å². The molecule has 5 heteroatoms. The molecule has 3 nitrogen and oxygen atoms in total. The van der Waals surface area contributed by atoms with Crippen LogP contribution < -0.4 is 0 Å². The zero-order chi connectivity index (χ0) is 13.5. The molecule has 0 aromatic heterocycles. The number of hydrogen-bond donors (Lipinski definition) is 0. The van der Waals surface area contributed by atoms with Crippen LogP contribution in [0.4, 0.5) is 8.78 Å². The number of carbonyl (C=O) groups is 1. The van der Waals surface area contributed by atoms with E-state index in [1.165, 1.54) is 12.1 Å². The second kappa shape index (κ2) is 7.06. The first-order valence-corrected chi connectivity index (χ1v) is 5.88. The van der Waals surface area contributed by atoms with Crippen LogP contribution >= 0.6 is 0 Å². The van der Waals surface area contributed by atoms with Gasteiger partial charge in [0.15, 0.2) is 0 Å². The topological polar surface area (TPSA) is 29.5 Å². The van der Waals surface area contributed by atoms with Crippen molar-refractivity contribution in [2.45, 2.75) is 20.4 Å². The maximum Gasteiger partial charge on any atom is 0.320 e. The number of esters is 1. The first kappa shape index (κ1) is 14.6. The molecule has 0 radical (unpaired) electrons. The van der Waals surface area contributed by atoms with Gasteiger partial charge in [0.25, 0.3) is 0 Å². The molecule has 18 heavy (non-hydrogen) atoms. The molecule has 0 saturated heterocycles. The minimum absolute atomic E-state index is 0.114. The summed E-state index contributed by atoms with van der Waals surface area (Å²) in [5, 5.41) is 0. The number of hydrogen-bond acceptors (Lipinski definition) is 3. The van der Waals surface area contributed by atoms with E-state index >= 15 is 0 Å². The number of nitrogens with zero attached hydrogens (tertiary/aromatic N) is 1. The molecular formula is C13H17F2NO2. The molecule has 0 heterocycles. The summed E-state index contributed by atoms with van der Waals surface area (Å²) in [5.74, 6) is -1.56. The van der Waals surface area contributed by atoms with Gasteiger partial charge in [-0.3, -0.25) is 9.69 Å². The molecule has 0 amide bonds. The normalized spacial score (nSPS) is 10.7. The van der Waals surface area contributed by atoms with Crippen LogP contribution in [0.3, 0.4) is 0 Å². The Morgan fingerprint density at radius 2 is 1.83 bits per heavy atom. The Hall–Kier alpha value is -1.49. The van der Waals surface area contributed by atoms with Crippen molar-refractivity contribution in [2.75, 3.05) is 19.7 Å². The van der Waals surface area contributed by atoms with Crippen molar-refractivity contribution in [1.29, 1.82) is 0 Å². The summed E-state index contributed by atoms with van der Waals surface area (Å²) in [6.45, 7) is 4.94. The van der Waals surface area contributed by atoms with E-state index in [2.05, 4.69) is 0 Å². The minimum Gasteiger partial charge on any atom is -0.465 e. The van der Waals surface area contributed by atoms with Crippen molar-refractivity contribution in [3.63, 3.8) is 0 Å². The number of ether oxygens (including phenoxy) is 1. The molecule has 100 valence electrons. The lowest BCUT2D eigenvalue weighted by molar-refractivity contribution is -0.144. The third-order valence-corrected chi connectivity index (χ3v) is 2.43. The second-order valence-electron chi connectivity index (χ2n) is 3.89. The molecular weight excluding hydrogens is 240 g/mol. The van der Waals surface area contributed by atoms with Gasteiger partial charge in [0, 0.05) is 12.6 Å². The molecule has 1 aromatic carbocycles. The lowest BCUT2D eigenvalue weighted by Crippen LogP contribution is -2.30. The van der Waals surface area contributed by atoms with Gasteiger partial charge in [-0.15, -0.1) is 0 Å². The van der Waals surface area contributed by atoms with Crippen molar-refractivity contribution in [2.24, 2.45) is 0 Å². The fourth-order valence-corrected chi connectivity index (χ4v) is 1.63. The van der Waals surface area contributed by atoms with E-state index in [0.717, 1.165) is 6.07 Å². The number of rotatable bonds is 6. The van der Waals surface area contributed by atoms with Gasteiger partial charge in [-0.05, 0) is 31.2 Å². The van der Waals surface area contributed by atoms with Gasteiger partial charge in [0.1, 0.15) is 11.6 Å². The highest BCUT2D eigenvalue weighted by Crippen LogP contribution is 2.10. The molecule has 0 spiro atoms. The Balaban J connectivity index is 2.64. The van der Waals surface area contributed by atoms with Gasteiger partial charge >= 0.3 is 5.97 Å². The van der Waals surface area contributed by atoms with Crippen molar-refractivity contribution >= 4 is 5.97 Å². The van der Waals surface area contributed by atoms with E-state index in [1.807, 2.05) is 6.92 Å². The van der Waals surface area contributed by atoms with Gasteiger partial charge in [0.05, 0.1) is 13.2 Å². The van der Waals surface area contributed by atoms with Crippen LogP contribution in [-0.2, 0) is 16.1 Å². The van der Waals surface area contributed by atoms with Crippen LogP contribution in [0.25, 0.3) is 0 Å². The molecule has 0 fully saturated rings. The summed E-state index contributed by atoms with van der Waals surface area (Å²) in [6, 6.07) is 3.35. The molecule has 0 bridgehead atoms. The summed E-state index contributed by atoms with van der Waals surface area (Å²) in [4.78, 5) is 13.1. The lowest BCUT2D eigenvalue weighted by Gasteiger charge is -2.19. The quantitative estimate of drug-likeness (QED) is 0.733. The summed E-state index contributed by atoms with van der Waals surface area (Å²) in [7, 11) is 0. The van der Waals surface area contributed by atoms with Crippen LogP contribution in [-0.4, -0.2) is 30.6 Å². The molecule has 0 aliphatic heterocycles. The molecule has 0 N–H and O–H groups in total. The second-order valence-corrected chi connectivity index (χ2v) is 3.89. The largest absolute Gasteiger partial charge is 0.465 e. The van der Waals surface area contributed by atoms with Crippen molar-refractivity contribution in [3.8, 4) is 0 Å². The molecule has 0 aliphatic rings. The van der Waals surface area contributed by atoms with E-state index in [9.17, 15) is 13.6 Å². The van der Waals surface area contributed by atoms with Crippen LogP contribution in [0.5, 0.6) is 0 Å². The predicted octanol–water partition coefficient (Wildman–Crippen LogP) is 2.35. The van der Waals surface area contributed by atoms with E-state index in [-0.39, 0.29) is 12.5 Å². The Morgan fingerprint density at radius 1 is 1.22 bits per heavy atom. The highest BCUT2D eigenvalue weighted by atomic mass is 19.1. The Morgan fingerprint density at radius 3 is 2.33 bits per heavy atom. The zero-order valence-corrected chi connectivity index (χ0v) is 10.6. The molecule has 1 rings (SSSR count). The molecule has 0 aliphatic carbocycles. The van der Waals surface area contributed by atoms with Crippen LogP contribution in [0, 0.1) is 11.6 Å². The average molecular weight is 257 g/mol. The maximum atomic E-state index is 13.0. The maximum absolute atomic E-state index is 13.0. The lowest BCUT2D eigenvalue weighted by atomic mass is 10.2. The number of halogens is 2. The third kappa shape index (κ3) is 4.79. The van der Waals surface area contributed by atoms with E-state index in [4.69, 9.17) is 4.74 Å². The van der Waals surface area contributed by atoms with Crippen molar-refractivity contribution in [1.82, 2.24) is 4.90 Å². The molecule has 0 atom stereocenters. The summed E-state index contributed by atoms with van der Waals surface area (Å²) >= 11 is 0. The van der Waals surface area contributed by atoms with Crippen LogP contribution in [0.1, 0.15) is 19.4 Å². The molecule has 0 unspecified atom stereocenters.